The van der Waals surface area contributed by atoms with Crippen LogP contribution in [0.25, 0.3) is 0 Å². The fourth-order valence-corrected chi connectivity index (χ4v) is 3.20. The van der Waals surface area contributed by atoms with Gasteiger partial charge in [-0.3, -0.25) is 4.79 Å². The number of carbonyl (C=O) groups excluding carboxylic acids is 1. The number of amides is 1. The molecule has 0 bridgehead atoms. The van der Waals surface area contributed by atoms with E-state index in [0.717, 1.165) is 0 Å². The van der Waals surface area contributed by atoms with Crippen LogP contribution in [-0.2, 0) is 16.0 Å². The third-order valence-electron chi connectivity index (χ3n) is 4.30. The molecule has 20 heavy (non-hydrogen) atoms. The van der Waals surface area contributed by atoms with Crippen LogP contribution in [0, 0.1) is 11.3 Å². The van der Waals surface area contributed by atoms with Crippen LogP contribution in [0.3, 0.4) is 0 Å². The summed E-state index contributed by atoms with van der Waals surface area (Å²) in [5.74, 6) is 0.930. The molecule has 0 unspecified atom stereocenters. The van der Waals surface area contributed by atoms with E-state index < -0.39 is 0 Å². The van der Waals surface area contributed by atoms with E-state index in [4.69, 9.17) is 20.9 Å². The summed E-state index contributed by atoms with van der Waals surface area (Å²) in [6.45, 7) is 2.47. The molecule has 0 saturated carbocycles. The molecule has 1 aromatic rings. The highest BCUT2D eigenvalue weighted by Crippen LogP contribution is 2.40. The number of aromatic nitrogens is 1. The van der Waals surface area contributed by atoms with Crippen molar-refractivity contribution in [1.82, 2.24) is 10.1 Å². The smallest absolute Gasteiger partial charge is 0.223 e. The molecule has 3 rings (SSSR count). The van der Waals surface area contributed by atoms with Crippen molar-refractivity contribution in [3.8, 4) is 0 Å². The van der Waals surface area contributed by atoms with Crippen molar-refractivity contribution in [3.05, 3.63) is 17.0 Å². The van der Waals surface area contributed by atoms with Crippen molar-refractivity contribution in [2.45, 2.75) is 12.8 Å². The first-order chi connectivity index (χ1) is 9.63. The molecular weight excluding hydrogens is 284 g/mol. The summed E-state index contributed by atoms with van der Waals surface area (Å²) in [5.41, 5.74) is -0.259. The Labute approximate surface area is 121 Å². The number of carbonyl (C=O) groups is 1. The molecule has 0 aliphatic carbocycles. The molecule has 0 aromatic carbocycles. The summed E-state index contributed by atoms with van der Waals surface area (Å²) < 4.78 is 10.4. The first kappa shape index (κ1) is 13.9. The molecule has 2 aliphatic rings. The Hall–Kier alpha value is -1.11. The topological polar surface area (TPSA) is 75.8 Å². The quantitative estimate of drug-likeness (QED) is 0.887. The largest absolute Gasteiger partial charge is 0.396 e. The van der Waals surface area contributed by atoms with E-state index >= 15 is 0 Å². The number of hydrogen-bond donors (Lipinski definition) is 1. The van der Waals surface area contributed by atoms with Gasteiger partial charge in [-0.1, -0.05) is 16.8 Å². The first-order valence-electron chi connectivity index (χ1n) is 6.70. The number of rotatable bonds is 4. The lowest BCUT2D eigenvalue weighted by atomic mass is 9.82. The summed E-state index contributed by atoms with van der Waals surface area (Å²) in [5, 5.41) is 13.5. The highest BCUT2D eigenvalue weighted by molar-refractivity contribution is 6.29. The standard InChI is InChI=1S/C13H17ClN2O4/c14-11-3-10(20-15-11)1-2-12(18)16-4-9-5-19-8-13(9,6-16)7-17/h3,9,17H,1-2,4-8H2/t9-,13-/m0/s1. The van der Waals surface area contributed by atoms with Gasteiger partial charge in [-0.2, -0.15) is 0 Å². The van der Waals surface area contributed by atoms with Crippen LogP contribution in [0.5, 0.6) is 0 Å². The normalized spacial score (nSPS) is 28.9. The monoisotopic (exact) mass is 300 g/mol. The molecule has 0 radical (unpaired) electrons. The Morgan fingerprint density at radius 2 is 2.50 bits per heavy atom. The second-order valence-corrected chi connectivity index (χ2v) is 6.01. The van der Waals surface area contributed by atoms with E-state index in [-0.39, 0.29) is 23.8 Å². The second-order valence-electron chi connectivity index (χ2n) is 5.62. The number of aliphatic hydroxyl groups excluding tert-OH is 1. The average molecular weight is 301 g/mol. The van der Waals surface area contributed by atoms with E-state index in [1.807, 2.05) is 4.90 Å². The highest BCUT2D eigenvalue weighted by atomic mass is 35.5. The summed E-state index contributed by atoms with van der Waals surface area (Å²) in [4.78, 5) is 14.0. The molecule has 110 valence electrons. The van der Waals surface area contributed by atoms with Crippen molar-refractivity contribution in [2.24, 2.45) is 11.3 Å². The van der Waals surface area contributed by atoms with Gasteiger partial charge >= 0.3 is 0 Å². The van der Waals surface area contributed by atoms with Crippen molar-refractivity contribution in [1.29, 1.82) is 0 Å². The summed E-state index contributed by atoms with van der Waals surface area (Å²) in [7, 11) is 0. The lowest BCUT2D eigenvalue weighted by Crippen LogP contribution is -2.36. The number of hydrogen-bond acceptors (Lipinski definition) is 5. The van der Waals surface area contributed by atoms with Gasteiger partial charge in [0, 0.05) is 43.3 Å². The van der Waals surface area contributed by atoms with Gasteiger partial charge in [-0.25, -0.2) is 0 Å². The maximum Gasteiger partial charge on any atom is 0.223 e. The molecule has 1 N–H and O–H groups in total. The van der Waals surface area contributed by atoms with E-state index in [1.165, 1.54) is 0 Å². The Morgan fingerprint density at radius 3 is 3.15 bits per heavy atom. The van der Waals surface area contributed by atoms with Crippen LogP contribution in [0.2, 0.25) is 5.15 Å². The summed E-state index contributed by atoms with van der Waals surface area (Å²) in [6, 6.07) is 1.62. The van der Waals surface area contributed by atoms with E-state index in [1.54, 1.807) is 6.07 Å². The summed E-state index contributed by atoms with van der Waals surface area (Å²) >= 11 is 5.66. The fourth-order valence-electron chi connectivity index (χ4n) is 3.04. The number of halogens is 1. The minimum atomic E-state index is -0.259. The Morgan fingerprint density at radius 1 is 1.65 bits per heavy atom. The number of ether oxygens (including phenoxy) is 1. The molecular formula is C13H17ClN2O4. The maximum absolute atomic E-state index is 12.2. The molecule has 2 aliphatic heterocycles. The Balaban J connectivity index is 1.56. The van der Waals surface area contributed by atoms with Gasteiger partial charge in [0.2, 0.25) is 5.91 Å². The molecule has 7 heteroatoms. The molecule has 2 saturated heterocycles. The number of likely N-dealkylation sites (tertiary alicyclic amines) is 1. The van der Waals surface area contributed by atoms with Gasteiger partial charge in [0.25, 0.3) is 0 Å². The Kier molecular flexibility index (Phi) is 3.70. The van der Waals surface area contributed by atoms with Gasteiger partial charge in [0.15, 0.2) is 5.15 Å². The zero-order chi connectivity index (χ0) is 14.2. The van der Waals surface area contributed by atoms with Gasteiger partial charge in [0.1, 0.15) is 5.76 Å². The molecule has 2 fully saturated rings. The van der Waals surface area contributed by atoms with Crippen molar-refractivity contribution in [2.75, 3.05) is 32.9 Å². The van der Waals surface area contributed by atoms with Crippen LogP contribution in [0.4, 0.5) is 0 Å². The molecule has 1 amide bonds. The van der Waals surface area contributed by atoms with Crippen molar-refractivity contribution >= 4 is 17.5 Å². The van der Waals surface area contributed by atoms with Gasteiger partial charge in [-0.05, 0) is 0 Å². The third kappa shape index (κ3) is 2.43. The predicted molar refractivity (Wildman–Crippen MR) is 70.2 cm³/mol. The highest BCUT2D eigenvalue weighted by Gasteiger charge is 2.51. The van der Waals surface area contributed by atoms with Crippen LogP contribution in [0.15, 0.2) is 10.6 Å². The lowest BCUT2D eigenvalue weighted by Gasteiger charge is -2.24. The van der Waals surface area contributed by atoms with E-state index in [2.05, 4.69) is 5.16 Å². The average Bonchev–Trinajstić information content (AvgIpc) is 3.09. The SMILES string of the molecule is O=C(CCc1cc(Cl)no1)N1C[C@H]2COC[C@@]2(CO)C1. The van der Waals surface area contributed by atoms with Crippen LogP contribution < -0.4 is 0 Å². The van der Waals surface area contributed by atoms with Gasteiger partial charge < -0.3 is 19.3 Å². The second kappa shape index (κ2) is 5.35. The lowest BCUT2D eigenvalue weighted by molar-refractivity contribution is -0.131. The predicted octanol–water partition coefficient (Wildman–Crippen LogP) is 0.728. The maximum atomic E-state index is 12.2. The number of aliphatic hydroxyl groups is 1. The van der Waals surface area contributed by atoms with Crippen LogP contribution in [-0.4, -0.2) is 54.0 Å². The summed E-state index contributed by atoms with van der Waals surface area (Å²) in [6.07, 6.45) is 0.850. The number of fused-ring (bicyclic) bond motifs is 1. The minimum Gasteiger partial charge on any atom is -0.396 e. The van der Waals surface area contributed by atoms with Crippen molar-refractivity contribution < 1.29 is 19.2 Å². The van der Waals surface area contributed by atoms with E-state index in [9.17, 15) is 9.90 Å². The first-order valence-corrected chi connectivity index (χ1v) is 7.08. The zero-order valence-electron chi connectivity index (χ0n) is 11.0. The zero-order valence-corrected chi connectivity index (χ0v) is 11.8. The molecule has 0 spiro atoms. The van der Waals surface area contributed by atoms with Crippen LogP contribution in [0.1, 0.15) is 12.2 Å². The van der Waals surface area contributed by atoms with Crippen molar-refractivity contribution in [3.63, 3.8) is 0 Å². The fraction of sp³-hybridized carbons (Fsp3) is 0.692. The number of aryl methyl sites for hydroxylation is 1. The van der Waals surface area contributed by atoms with E-state index in [0.29, 0.717) is 50.1 Å². The minimum absolute atomic E-state index is 0.0686. The Bertz CT molecular complexity index is 506. The van der Waals surface area contributed by atoms with Gasteiger partial charge in [-0.15, -0.1) is 0 Å². The molecule has 2 atom stereocenters. The van der Waals surface area contributed by atoms with Crippen LogP contribution >= 0.6 is 11.6 Å². The van der Waals surface area contributed by atoms with Gasteiger partial charge in [0.05, 0.1) is 19.8 Å². The number of nitrogens with zero attached hydrogens (tertiary/aromatic N) is 2. The molecule has 3 heterocycles. The molecule has 1 aromatic heterocycles. The third-order valence-corrected chi connectivity index (χ3v) is 4.48. The molecule has 6 nitrogen and oxygen atoms in total.